The summed E-state index contributed by atoms with van der Waals surface area (Å²) >= 11 is 7.12. The third kappa shape index (κ3) is 9.29. The number of phenols is 1. The number of carbonyl (C=O) groups excluding carboxylic acids is 3. The predicted octanol–water partition coefficient (Wildman–Crippen LogP) is 5.95. The van der Waals surface area contributed by atoms with Gasteiger partial charge >= 0.3 is 11.3 Å². The fourth-order valence-electron chi connectivity index (χ4n) is 3.13. The van der Waals surface area contributed by atoms with Gasteiger partial charge in [-0.15, -0.1) is 0 Å². The van der Waals surface area contributed by atoms with Crippen molar-refractivity contribution >= 4 is 52.0 Å². The van der Waals surface area contributed by atoms with E-state index in [1.807, 2.05) is 13.8 Å². The number of carbonyl (C=O) groups is 3. The number of likely N-dealkylation sites (N-methyl/N-ethyl adjacent to an activating group) is 1. The molecule has 0 atom stereocenters. The first-order valence-electron chi connectivity index (χ1n) is 11.7. The van der Waals surface area contributed by atoms with Crippen molar-refractivity contribution in [3.63, 3.8) is 0 Å². The number of anilines is 1. The highest BCUT2D eigenvalue weighted by Crippen LogP contribution is 2.28. The van der Waals surface area contributed by atoms with Gasteiger partial charge < -0.3 is 20.1 Å². The molecule has 2 aromatic rings. The van der Waals surface area contributed by atoms with E-state index in [9.17, 15) is 19.5 Å². The van der Waals surface area contributed by atoms with E-state index in [1.54, 1.807) is 57.2 Å². The molecular formula is C26H33ClN4O5S. The lowest BCUT2D eigenvalue weighted by molar-refractivity contribution is -0.117. The van der Waals surface area contributed by atoms with Gasteiger partial charge in [0.15, 0.2) is 0 Å². The average molecular weight is 549 g/mol. The molecule has 11 heteroatoms. The third-order valence-corrected chi connectivity index (χ3v) is 5.79. The molecule has 0 saturated heterocycles. The molecule has 3 amide bonds. The largest absolute Gasteiger partial charge is 0.507 e. The molecule has 1 heterocycles. The maximum atomic E-state index is 12.4. The van der Waals surface area contributed by atoms with Crippen LogP contribution in [0.4, 0.5) is 15.3 Å². The Bertz CT molecular complexity index is 1170. The molecule has 2 aromatic carbocycles. The second-order valence-electron chi connectivity index (χ2n) is 8.91. The summed E-state index contributed by atoms with van der Waals surface area (Å²) in [4.78, 5) is 38.1. The lowest BCUT2D eigenvalue weighted by atomic mass is 10.1. The average Bonchev–Trinajstić information content (AvgIpc) is 2.82. The molecule has 0 radical (unpaired) electrons. The number of ether oxygens (including phenoxy) is 1. The van der Waals surface area contributed by atoms with Crippen LogP contribution in [-0.4, -0.2) is 62.9 Å². The third-order valence-electron chi connectivity index (χ3n) is 4.68. The van der Waals surface area contributed by atoms with E-state index in [0.29, 0.717) is 27.7 Å². The molecule has 0 spiro atoms. The molecule has 0 bridgehead atoms. The normalized spacial score (nSPS) is 13.2. The van der Waals surface area contributed by atoms with Crippen molar-refractivity contribution in [2.24, 2.45) is 5.10 Å². The monoisotopic (exact) mass is 548 g/mol. The summed E-state index contributed by atoms with van der Waals surface area (Å²) in [6.07, 6.45) is -0.595. The highest BCUT2D eigenvalue weighted by molar-refractivity contribution is 8.14. The maximum Gasteiger partial charge on any atom is 0.410 e. The first kappa shape index (κ1) is 30.0. The number of hydrazone groups is 1. The van der Waals surface area contributed by atoms with Gasteiger partial charge in [-0.3, -0.25) is 9.59 Å². The van der Waals surface area contributed by atoms with E-state index in [0.717, 1.165) is 17.3 Å². The van der Waals surface area contributed by atoms with Crippen molar-refractivity contribution in [1.29, 1.82) is 0 Å². The maximum absolute atomic E-state index is 12.4. The Labute approximate surface area is 226 Å². The van der Waals surface area contributed by atoms with Gasteiger partial charge in [0.1, 0.15) is 17.9 Å². The van der Waals surface area contributed by atoms with Gasteiger partial charge in [0, 0.05) is 29.1 Å². The Morgan fingerprint density at radius 2 is 1.92 bits per heavy atom. The minimum Gasteiger partial charge on any atom is -0.507 e. The Morgan fingerprint density at radius 3 is 2.59 bits per heavy atom. The second-order valence-corrected chi connectivity index (χ2v) is 10.3. The molecular weight excluding hydrogens is 516 g/mol. The van der Waals surface area contributed by atoms with Crippen LogP contribution in [0.3, 0.4) is 0 Å². The number of nitrogens with zero attached hydrogens (tertiary/aromatic N) is 3. The number of rotatable bonds is 6. The minimum atomic E-state index is -0.659. The zero-order chi connectivity index (χ0) is 27.8. The van der Waals surface area contributed by atoms with Crippen LogP contribution in [0.1, 0.15) is 45.7 Å². The summed E-state index contributed by atoms with van der Waals surface area (Å²) < 4.78 is 5.25. The topological polar surface area (TPSA) is 112 Å². The van der Waals surface area contributed by atoms with Crippen LogP contribution in [0.2, 0.25) is 5.02 Å². The van der Waals surface area contributed by atoms with E-state index in [4.69, 9.17) is 16.3 Å². The van der Waals surface area contributed by atoms with Gasteiger partial charge in [-0.25, -0.2) is 9.80 Å². The van der Waals surface area contributed by atoms with Crippen molar-refractivity contribution in [3.05, 3.63) is 58.6 Å². The number of benzene rings is 2. The van der Waals surface area contributed by atoms with Crippen molar-refractivity contribution in [2.75, 3.05) is 24.7 Å². The molecule has 200 valence electrons. The summed E-state index contributed by atoms with van der Waals surface area (Å²) in [5.74, 6) is -0.0502. The molecule has 1 aliphatic heterocycles. The minimum absolute atomic E-state index is 0.0316. The van der Waals surface area contributed by atoms with Crippen LogP contribution in [0, 0.1) is 0 Å². The van der Waals surface area contributed by atoms with Gasteiger partial charge in [-0.2, -0.15) is 5.10 Å². The molecule has 0 fully saturated rings. The van der Waals surface area contributed by atoms with E-state index in [2.05, 4.69) is 10.4 Å². The Balaban J connectivity index is 0.00000235. The van der Waals surface area contributed by atoms with E-state index in [-0.39, 0.29) is 24.1 Å². The van der Waals surface area contributed by atoms with Crippen LogP contribution < -0.4 is 5.32 Å². The molecule has 1 aliphatic rings. The zero-order valence-corrected chi connectivity index (χ0v) is 23.4. The van der Waals surface area contributed by atoms with Crippen molar-refractivity contribution in [2.45, 2.75) is 46.8 Å². The lowest BCUT2D eigenvalue weighted by Crippen LogP contribution is -2.38. The fraction of sp³-hybridized carbons (Fsp3) is 0.385. The summed E-state index contributed by atoms with van der Waals surface area (Å²) in [6, 6.07) is 11.7. The molecule has 2 N–H and O–H groups in total. The summed E-state index contributed by atoms with van der Waals surface area (Å²) in [5.41, 5.74) is 1.59. The lowest BCUT2D eigenvalue weighted by Gasteiger charge is -2.24. The zero-order valence-electron chi connectivity index (χ0n) is 21.9. The number of thioether (sulfide) groups is 1. The summed E-state index contributed by atoms with van der Waals surface area (Å²) in [7, 11) is 1.48. The number of amides is 3. The van der Waals surface area contributed by atoms with Gasteiger partial charge in [0.05, 0.1) is 12.3 Å². The number of aromatic hydroxyl groups is 1. The Hall–Kier alpha value is -3.24. The van der Waals surface area contributed by atoms with Crippen LogP contribution in [0.25, 0.3) is 0 Å². The van der Waals surface area contributed by atoms with Crippen LogP contribution >= 0.6 is 23.4 Å². The molecule has 0 aliphatic carbocycles. The first-order valence-corrected chi connectivity index (χ1v) is 13.1. The highest BCUT2D eigenvalue weighted by Gasteiger charge is 2.24. The highest BCUT2D eigenvalue weighted by atomic mass is 35.5. The quantitative estimate of drug-likeness (QED) is 0.461. The van der Waals surface area contributed by atoms with Crippen LogP contribution in [-0.2, 0) is 16.1 Å². The Morgan fingerprint density at radius 1 is 1.22 bits per heavy atom. The number of phenolic OH excluding ortho intramolecular Hbond substituents is 1. The van der Waals surface area contributed by atoms with Crippen molar-refractivity contribution in [3.8, 4) is 5.75 Å². The molecule has 0 saturated carbocycles. The molecule has 37 heavy (non-hydrogen) atoms. The molecule has 0 aromatic heterocycles. The van der Waals surface area contributed by atoms with Gasteiger partial charge in [0.2, 0.25) is 5.91 Å². The van der Waals surface area contributed by atoms with Crippen LogP contribution in [0.15, 0.2) is 47.6 Å². The number of nitrogens with one attached hydrogen (secondary N) is 1. The SMILES string of the molecule is CC.CN(CC(=O)Nc1cccc(CN2N=C(c3cc(Cl)ccc3O)CSC2=O)c1)C(=O)OC(C)(C)C. The smallest absolute Gasteiger partial charge is 0.410 e. The summed E-state index contributed by atoms with van der Waals surface area (Å²) in [5, 5.41) is 18.9. The number of halogens is 1. The molecule has 0 unspecified atom stereocenters. The van der Waals surface area contributed by atoms with E-state index < -0.39 is 17.6 Å². The predicted molar refractivity (Wildman–Crippen MR) is 148 cm³/mol. The van der Waals surface area contributed by atoms with Gasteiger partial charge in [-0.05, 0) is 56.7 Å². The fourth-order valence-corrected chi connectivity index (χ4v) is 4.03. The molecule has 9 nitrogen and oxygen atoms in total. The number of hydrogen-bond acceptors (Lipinski definition) is 7. The Kier molecular flexibility index (Phi) is 10.8. The van der Waals surface area contributed by atoms with E-state index in [1.165, 1.54) is 23.0 Å². The van der Waals surface area contributed by atoms with Gasteiger partial charge in [0.25, 0.3) is 0 Å². The van der Waals surface area contributed by atoms with Crippen molar-refractivity contribution < 1.29 is 24.2 Å². The summed E-state index contributed by atoms with van der Waals surface area (Å²) in [6.45, 7) is 9.23. The molecule has 3 rings (SSSR count). The second kappa shape index (κ2) is 13.3. The first-order chi connectivity index (χ1) is 17.4. The standard InChI is InChI=1S/C24H27ClN4O5S.C2H6/c1-24(2,3)34-22(32)28(4)13-21(31)26-17-7-5-6-15(10-17)12-29-23(33)35-14-19(27-29)18-11-16(25)8-9-20(18)30;1-2/h5-11,30H,12-14H2,1-4H3,(H,26,31);1-2H3. The van der Waals surface area contributed by atoms with E-state index >= 15 is 0 Å². The van der Waals surface area contributed by atoms with Gasteiger partial charge in [-0.1, -0.05) is 49.3 Å². The van der Waals surface area contributed by atoms with Crippen molar-refractivity contribution in [1.82, 2.24) is 9.91 Å². The number of hydrogen-bond donors (Lipinski definition) is 2. The van der Waals surface area contributed by atoms with Crippen LogP contribution in [0.5, 0.6) is 5.75 Å².